The molecule has 0 bridgehead atoms. The van der Waals surface area contributed by atoms with Crippen molar-refractivity contribution in [2.45, 2.75) is 25.2 Å². The monoisotopic (exact) mass is 347 g/mol. The fourth-order valence-electron chi connectivity index (χ4n) is 3.11. The van der Waals surface area contributed by atoms with Gasteiger partial charge in [0, 0.05) is 37.0 Å². The second-order valence-corrected chi connectivity index (χ2v) is 6.03. The number of rotatable bonds is 2. The maximum Gasteiger partial charge on any atom is 0.411 e. The molecule has 9 heteroatoms. The molecule has 0 aliphatic carbocycles. The van der Waals surface area contributed by atoms with E-state index >= 15 is 0 Å². The van der Waals surface area contributed by atoms with E-state index in [1.54, 1.807) is 6.07 Å². The maximum absolute atomic E-state index is 13.3. The van der Waals surface area contributed by atoms with Gasteiger partial charge in [-0.05, 0) is 6.92 Å². The normalized spacial score (nSPS) is 25.8. The Morgan fingerprint density at radius 2 is 1.79 bits per heavy atom. The van der Waals surface area contributed by atoms with Gasteiger partial charge in [-0.1, -0.05) is 0 Å². The molecule has 3 rings (SSSR count). The molecule has 0 saturated carbocycles. The molecule has 24 heavy (non-hydrogen) atoms. The van der Waals surface area contributed by atoms with E-state index in [4.69, 9.17) is 9.47 Å². The van der Waals surface area contributed by atoms with Crippen molar-refractivity contribution in [2.75, 3.05) is 49.3 Å². The van der Waals surface area contributed by atoms with Crippen LogP contribution in [0.4, 0.5) is 24.7 Å². The molecule has 2 saturated heterocycles. The smallest absolute Gasteiger partial charge is 0.377 e. The lowest BCUT2D eigenvalue weighted by Gasteiger charge is -2.39. The topological polar surface area (TPSA) is 57.8 Å². The number of ether oxygens (including phenoxy) is 2. The second-order valence-electron chi connectivity index (χ2n) is 6.03. The van der Waals surface area contributed by atoms with Crippen molar-refractivity contribution in [3.05, 3.63) is 22.5 Å². The van der Waals surface area contributed by atoms with E-state index in [1.807, 2.05) is 11.8 Å². The molecule has 2 fully saturated rings. The third-order valence-corrected chi connectivity index (χ3v) is 4.33. The van der Waals surface area contributed by atoms with Crippen LogP contribution in [0.15, 0.2) is 16.9 Å². The number of pyridine rings is 1. The summed E-state index contributed by atoms with van der Waals surface area (Å²) in [5, 5.41) is 0. The molecule has 1 aromatic rings. The summed E-state index contributed by atoms with van der Waals surface area (Å²) in [7, 11) is 0. The largest absolute Gasteiger partial charge is 0.411 e. The lowest BCUT2D eigenvalue weighted by atomic mass is 10.2. The highest BCUT2D eigenvalue weighted by Gasteiger charge is 2.45. The van der Waals surface area contributed by atoms with Crippen molar-refractivity contribution in [2.24, 2.45) is 0 Å². The summed E-state index contributed by atoms with van der Waals surface area (Å²) in [5.41, 5.74) is 0.186. The number of morpholine rings is 2. The third-order valence-electron chi connectivity index (χ3n) is 4.33. The van der Waals surface area contributed by atoms with Crippen LogP contribution in [0.1, 0.15) is 6.92 Å². The SMILES string of the molecule is C[C@@H]1COCCN1c1cc(N2CCOC[C@H]2C(F)(F)F)[nH]c(=O)c1. The molecule has 1 aromatic heterocycles. The van der Waals surface area contributed by atoms with Gasteiger partial charge in [0.05, 0.1) is 26.4 Å². The highest BCUT2D eigenvalue weighted by Crippen LogP contribution is 2.31. The van der Waals surface area contributed by atoms with Crippen LogP contribution in [0.25, 0.3) is 0 Å². The Hall–Kier alpha value is -1.74. The number of anilines is 2. The standard InChI is InChI=1S/C15H20F3N3O3/c1-10-8-23-4-2-20(10)11-6-13(19-14(22)7-11)21-3-5-24-9-12(21)15(16,17)18/h6-7,10,12H,2-5,8-9H2,1H3,(H,19,22)/t10-,12+/m1/s1. The van der Waals surface area contributed by atoms with Crippen LogP contribution < -0.4 is 15.4 Å². The first kappa shape index (κ1) is 17.1. The highest BCUT2D eigenvalue weighted by molar-refractivity contribution is 5.56. The summed E-state index contributed by atoms with van der Waals surface area (Å²) in [5.74, 6) is 0.168. The Kier molecular flexibility index (Phi) is 4.73. The summed E-state index contributed by atoms with van der Waals surface area (Å²) in [6.45, 7) is 3.40. The number of hydrogen-bond acceptors (Lipinski definition) is 5. The molecule has 6 nitrogen and oxygen atoms in total. The molecule has 0 unspecified atom stereocenters. The molecule has 134 valence electrons. The van der Waals surface area contributed by atoms with Crippen molar-refractivity contribution in [3.63, 3.8) is 0 Å². The van der Waals surface area contributed by atoms with Crippen molar-refractivity contribution in [1.29, 1.82) is 0 Å². The van der Waals surface area contributed by atoms with Crippen LogP contribution in [0.5, 0.6) is 0 Å². The number of H-pyrrole nitrogens is 1. The minimum atomic E-state index is -4.43. The fourth-order valence-corrected chi connectivity index (χ4v) is 3.11. The zero-order chi connectivity index (χ0) is 17.3. The fraction of sp³-hybridized carbons (Fsp3) is 0.667. The zero-order valence-corrected chi connectivity index (χ0v) is 13.3. The summed E-state index contributed by atoms with van der Waals surface area (Å²) >= 11 is 0. The Balaban J connectivity index is 1.94. The number of aromatic nitrogens is 1. The van der Waals surface area contributed by atoms with Crippen LogP contribution in [0, 0.1) is 0 Å². The number of alkyl halides is 3. The van der Waals surface area contributed by atoms with Gasteiger partial charge >= 0.3 is 6.18 Å². The van der Waals surface area contributed by atoms with Crippen molar-refractivity contribution in [3.8, 4) is 0 Å². The third kappa shape index (κ3) is 3.51. The molecular formula is C15H20F3N3O3. The lowest BCUT2D eigenvalue weighted by Crippen LogP contribution is -2.54. The summed E-state index contributed by atoms with van der Waals surface area (Å²) in [6, 6.07) is 1.30. The number of halogens is 3. The van der Waals surface area contributed by atoms with E-state index in [9.17, 15) is 18.0 Å². The molecule has 0 spiro atoms. The zero-order valence-electron chi connectivity index (χ0n) is 13.3. The molecule has 2 atom stereocenters. The maximum atomic E-state index is 13.3. The second kappa shape index (κ2) is 6.64. The van der Waals surface area contributed by atoms with Gasteiger partial charge in [-0.3, -0.25) is 4.79 Å². The van der Waals surface area contributed by atoms with Gasteiger partial charge in [0.25, 0.3) is 5.56 Å². The van der Waals surface area contributed by atoms with Crippen molar-refractivity contribution in [1.82, 2.24) is 4.98 Å². The first-order chi connectivity index (χ1) is 11.4. The molecule has 0 radical (unpaired) electrons. The van der Waals surface area contributed by atoms with Gasteiger partial charge in [0.15, 0.2) is 0 Å². The molecule has 2 aliphatic heterocycles. The summed E-state index contributed by atoms with van der Waals surface area (Å²) < 4.78 is 50.1. The van der Waals surface area contributed by atoms with Gasteiger partial charge in [0.2, 0.25) is 0 Å². The van der Waals surface area contributed by atoms with Crippen molar-refractivity contribution < 1.29 is 22.6 Å². The first-order valence-corrected chi connectivity index (χ1v) is 7.86. The van der Waals surface area contributed by atoms with E-state index in [0.29, 0.717) is 25.4 Å². The summed E-state index contributed by atoms with van der Waals surface area (Å²) in [6.07, 6.45) is -4.43. The highest BCUT2D eigenvalue weighted by atomic mass is 19.4. The van der Waals surface area contributed by atoms with Gasteiger partial charge in [-0.25, -0.2) is 0 Å². The van der Waals surface area contributed by atoms with Crippen LogP contribution in [-0.4, -0.2) is 62.8 Å². The minimum Gasteiger partial charge on any atom is -0.377 e. The Morgan fingerprint density at radius 3 is 2.46 bits per heavy atom. The van der Waals surface area contributed by atoms with Gasteiger partial charge in [-0.15, -0.1) is 0 Å². The predicted molar refractivity (Wildman–Crippen MR) is 82.7 cm³/mol. The van der Waals surface area contributed by atoms with E-state index in [2.05, 4.69) is 4.98 Å². The number of hydrogen-bond donors (Lipinski definition) is 1. The average Bonchev–Trinajstić information content (AvgIpc) is 2.54. The number of aromatic amines is 1. The van der Waals surface area contributed by atoms with Gasteiger partial charge < -0.3 is 24.3 Å². The van der Waals surface area contributed by atoms with Crippen molar-refractivity contribution >= 4 is 11.5 Å². The average molecular weight is 347 g/mol. The molecular weight excluding hydrogens is 327 g/mol. The Bertz CT molecular complexity index is 634. The number of nitrogens with one attached hydrogen (secondary N) is 1. The predicted octanol–water partition coefficient (Wildman–Crippen LogP) is 1.37. The Morgan fingerprint density at radius 1 is 1.12 bits per heavy atom. The molecule has 0 aromatic carbocycles. The van der Waals surface area contributed by atoms with E-state index in [1.165, 1.54) is 11.0 Å². The Labute approximate surface area is 137 Å². The van der Waals surface area contributed by atoms with Gasteiger partial charge in [-0.2, -0.15) is 13.2 Å². The van der Waals surface area contributed by atoms with E-state index in [0.717, 1.165) is 0 Å². The van der Waals surface area contributed by atoms with Gasteiger partial charge in [0.1, 0.15) is 11.9 Å². The quantitative estimate of drug-likeness (QED) is 0.876. The van der Waals surface area contributed by atoms with Crippen LogP contribution in [0.3, 0.4) is 0 Å². The summed E-state index contributed by atoms with van der Waals surface area (Å²) in [4.78, 5) is 17.7. The molecule has 2 aliphatic rings. The minimum absolute atomic E-state index is 0.0523. The van der Waals surface area contributed by atoms with Crippen LogP contribution >= 0.6 is 0 Å². The molecule has 0 amide bonds. The lowest BCUT2D eigenvalue weighted by molar-refractivity contribution is -0.167. The van der Waals surface area contributed by atoms with E-state index in [-0.39, 0.29) is 25.0 Å². The van der Waals surface area contributed by atoms with E-state index < -0.39 is 24.4 Å². The molecule has 1 N–H and O–H groups in total. The van der Waals surface area contributed by atoms with Crippen LogP contribution in [0.2, 0.25) is 0 Å². The molecule has 3 heterocycles. The first-order valence-electron chi connectivity index (χ1n) is 7.86. The van der Waals surface area contributed by atoms with Crippen LogP contribution in [-0.2, 0) is 9.47 Å². The number of nitrogens with zero attached hydrogens (tertiary/aromatic N) is 2.